The van der Waals surface area contributed by atoms with Gasteiger partial charge in [-0.15, -0.1) is 0 Å². The fourth-order valence-electron chi connectivity index (χ4n) is 2.67. The predicted molar refractivity (Wildman–Crippen MR) is 104 cm³/mol. The Hall–Kier alpha value is -3.14. The lowest BCUT2D eigenvalue weighted by molar-refractivity contribution is -0.143. The summed E-state index contributed by atoms with van der Waals surface area (Å²) in [6.07, 6.45) is -10.8. The number of halogens is 7. The van der Waals surface area contributed by atoms with Gasteiger partial charge in [-0.05, 0) is 55.0 Å². The molecule has 0 aliphatic rings. The Morgan fingerprint density at radius 2 is 1.59 bits per heavy atom. The number of carbonyl (C=O) groups is 1. The van der Waals surface area contributed by atoms with Crippen LogP contribution in [0.25, 0.3) is 11.3 Å². The Morgan fingerprint density at radius 3 is 2.16 bits per heavy atom. The van der Waals surface area contributed by atoms with Crippen molar-refractivity contribution in [2.75, 3.05) is 5.32 Å². The molecule has 0 unspecified atom stereocenters. The summed E-state index contributed by atoms with van der Waals surface area (Å²) in [6, 6.07) is 8.37. The number of hydrogen-bond acceptors (Lipinski definition) is 3. The maximum atomic E-state index is 13.0. The van der Waals surface area contributed by atoms with E-state index in [1.165, 1.54) is 18.2 Å². The van der Waals surface area contributed by atoms with Crippen LogP contribution in [-0.2, 0) is 23.7 Å². The lowest BCUT2D eigenvalue weighted by Crippen LogP contribution is -2.13. The van der Waals surface area contributed by atoms with Crippen LogP contribution >= 0.6 is 11.6 Å². The number of amides is 1. The third-order valence-electron chi connectivity index (χ3n) is 4.30. The molecule has 4 nitrogen and oxygen atoms in total. The lowest BCUT2D eigenvalue weighted by Gasteiger charge is -2.13. The summed E-state index contributed by atoms with van der Waals surface area (Å²) in [5, 5.41) is 2.86. The van der Waals surface area contributed by atoms with Crippen LogP contribution in [0.2, 0.25) is 5.02 Å². The minimum atomic E-state index is -4.98. The van der Waals surface area contributed by atoms with Gasteiger partial charge < -0.3 is 9.15 Å². The quantitative estimate of drug-likeness (QED) is 0.392. The van der Waals surface area contributed by atoms with Gasteiger partial charge in [-0.3, -0.25) is 5.32 Å². The van der Waals surface area contributed by atoms with E-state index in [4.69, 9.17) is 20.8 Å². The van der Waals surface area contributed by atoms with E-state index < -0.39 is 41.7 Å². The fourth-order valence-corrected chi connectivity index (χ4v) is 2.85. The number of carbonyl (C=O) groups excluding carboxylic acids is 1. The largest absolute Gasteiger partial charge is 0.457 e. The van der Waals surface area contributed by atoms with E-state index in [2.05, 4.69) is 5.32 Å². The molecule has 1 heterocycles. The Bertz CT molecular complexity index is 1110. The number of benzene rings is 2. The first-order chi connectivity index (χ1) is 14.8. The highest BCUT2D eigenvalue weighted by Crippen LogP contribution is 2.39. The Labute approximate surface area is 182 Å². The Balaban J connectivity index is 1.74. The summed E-state index contributed by atoms with van der Waals surface area (Å²) in [5.41, 5.74) is -2.18. The SMILES string of the molecule is Cc1ccc(NC(=O)OCc2ccc(-c3cc(C(F)(F)F)cc(C(F)(F)F)c3)o2)cc1Cl. The number of aryl methyl sites for hydroxylation is 1. The molecule has 0 bridgehead atoms. The van der Waals surface area contributed by atoms with Crippen molar-refractivity contribution in [3.8, 4) is 11.3 Å². The summed E-state index contributed by atoms with van der Waals surface area (Å²) < 4.78 is 88.4. The second-order valence-corrected chi connectivity index (χ2v) is 7.13. The highest BCUT2D eigenvalue weighted by molar-refractivity contribution is 6.31. The van der Waals surface area contributed by atoms with Gasteiger partial charge in [0.2, 0.25) is 0 Å². The minimum Gasteiger partial charge on any atom is -0.457 e. The second-order valence-electron chi connectivity index (χ2n) is 6.73. The van der Waals surface area contributed by atoms with Crippen LogP contribution in [0.1, 0.15) is 22.5 Å². The molecule has 3 aromatic rings. The van der Waals surface area contributed by atoms with Crippen molar-refractivity contribution in [1.29, 1.82) is 0 Å². The van der Waals surface area contributed by atoms with E-state index >= 15 is 0 Å². The number of nitrogens with one attached hydrogen (secondary N) is 1. The van der Waals surface area contributed by atoms with Crippen molar-refractivity contribution in [3.05, 3.63) is 76.0 Å². The standard InChI is InChI=1S/C21H14ClF6NO3/c1-11-2-3-15(9-17(11)22)29-19(30)31-10-16-4-5-18(32-16)12-6-13(20(23,24)25)8-14(7-12)21(26,27)28/h2-9H,10H2,1H3,(H,29,30). The molecular formula is C21H14ClF6NO3. The molecule has 0 saturated carbocycles. The first kappa shape index (κ1) is 23.5. The summed E-state index contributed by atoms with van der Waals surface area (Å²) in [5.74, 6) is -0.228. The average Bonchev–Trinajstić information content (AvgIpc) is 3.17. The smallest absolute Gasteiger partial charge is 0.416 e. The predicted octanol–water partition coefficient (Wildman–Crippen LogP) is 7.69. The first-order valence-corrected chi connectivity index (χ1v) is 9.29. The molecular weight excluding hydrogens is 464 g/mol. The molecule has 0 fully saturated rings. The van der Waals surface area contributed by atoms with Gasteiger partial charge in [-0.1, -0.05) is 17.7 Å². The van der Waals surface area contributed by atoms with Gasteiger partial charge in [0.05, 0.1) is 11.1 Å². The van der Waals surface area contributed by atoms with Gasteiger partial charge in [-0.2, -0.15) is 26.3 Å². The molecule has 170 valence electrons. The van der Waals surface area contributed by atoms with Gasteiger partial charge >= 0.3 is 18.4 Å². The van der Waals surface area contributed by atoms with Crippen LogP contribution in [0, 0.1) is 6.92 Å². The van der Waals surface area contributed by atoms with Crippen molar-refractivity contribution >= 4 is 23.4 Å². The topological polar surface area (TPSA) is 51.5 Å². The normalized spacial score (nSPS) is 12.0. The molecule has 1 aromatic heterocycles. The van der Waals surface area contributed by atoms with Crippen LogP contribution in [0.15, 0.2) is 52.9 Å². The molecule has 0 radical (unpaired) electrons. The minimum absolute atomic E-state index is 0.0167. The molecule has 32 heavy (non-hydrogen) atoms. The highest BCUT2D eigenvalue weighted by Gasteiger charge is 2.37. The third kappa shape index (κ3) is 5.76. The average molecular weight is 478 g/mol. The van der Waals surface area contributed by atoms with E-state index in [1.807, 2.05) is 0 Å². The summed E-state index contributed by atoms with van der Waals surface area (Å²) >= 11 is 5.96. The van der Waals surface area contributed by atoms with Crippen molar-refractivity contribution in [2.45, 2.75) is 25.9 Å². The molecule has 0 atom stereocenters. The molecule has 1 N–H and O–H groups in total. The van der Waals surface area contributed by atoms with Crippen LogP contribution < -0.4 is 5.32 Å². The van der Waals surface area contributed by atoms with Gasteiger partial charge in [0.15, 0.2) is 6.61 Å². The molecule has 0 aliphatic carbocycles. The Morgan fingerprint density at radius 1 is 0.969 bits per heavy atom. The van der Waals surface area contributed by atoms with Crippen molar-refractivity contribution in [2.24, 2.45) is 0 Å². The number of furan rings is 1. The van der Waals surface area contributed by atoms with Crippen molar-refractivity contribution in [1.82, 2.24) is 0 Å². The molecule has 1 amide bonds. The monoisotopic (exact) mass is 477 g/mol. The molecule has 0 aliphatic heterocycles. The van der Waals surface area contributed by atoms with E-state index in [-0.39, 0.29) is 17.6 Å². The third-order valence-corrected chi connectivity index (χ3v) is 4.70. The first-order valence-electron chi connectivity index (χ1n) is 8.91. The van der Waals surface area contributed by atoms with Crippen LogP contribution in [0.5, 0.6) is 0 Å². The second kappa shape index (κ2) is 8.78. The maximum Gasteiger partial charge on any atom is 0.416 e. The summed E-state index contributed by atoms with van der Waals surface area (Å²) in [6.45, 7) is 1.37. The number of hydrogen-bond donors (Lipinski definition) is 1. The molecule has 3 rings (SSSR count). The van der Waals surface area contributed by atoms with Gasteiger partial charge in [0, 0.05) is 16.3 Å². The van der Waals surface area contributed by atoms with Crippen molar-refractivity contribution < 1.29 is 40.3 Å². The van der Waals surface area contributed by atoms with Gasteiger partial charge in [0.1, 0.15) is 11.5 Å². The Kier molecular flexibility index (Phi) is 6.45. The van der Waals surface area contributed by atoms with Crippen LogP contribution in [0.3, 0.4) is 0 Å². The zero-order valence-corrected chi connectivity index (χ0v) is 17.0. The van der Waals surface area contributed by atoms with E-state index in [9.17, 15) is 31.1 Å². The molecule has 11 heteroatoms. The van der Waals surface area contributed by atoms with Gasteiger partial charge in [0.25, 0.3) is 0 Å². The maximum absolute atomic E-state index is 13.0. The summed E-state index contributed by atoms with van der Waals surface area (Å²) in [4.78, 5) is 11.9. The number of rotatable bonds is 4. The van der Waals surface area contributed by atoms with E-state index in [0.717, 1.165) is 5.56 Å². The molecule has 2 aromatic carbocycles. The summed E-state index contributed by atoms with van der Waals surface area (Å²) in [7, 11) is 0. The van der Waals surface area contributed by atoms with E-state index in [1.54, 1.807) is 19.1 Å². The molecule has 0 saturated heterocycles. The van der Waals surface area contributed by atoms with Crippen LogP contribution in [-0.4, -0.2) is 6.09 Å². The zero-order chi connectivity index (χ0) is 23.7. The number of anilines is 1. The highest BCUT2D eigenvalue weighted by atomic mass is 35.5. The van der Waals surface area contributed by atoms with Crippen LogP contribution in [0.4, 0.5) is 36.8 Å². The lowest BCUT2D eigenvalue weighted by atomic mass is 10.0. The van der Waals surface area contributed by atoms with Crippen molar-refractivity contribution in [3.63, 3.8) is 0 Å². The fraction of sp³-hybridized carbons (Fsp3) is 0.190. The molecule has 0 spiro atoms. The number of ether oxygens (including phenoxy) is 1. The van der Waals surface area contributed by atoms with Gasteiger partial charge in [-0.25, -0.2) is 4.79 Å². The number of alkyl halides is 6. The zero-order valence-electron chi connectivity index (χ0n) is 16.2. The van der Waals surface area contributed by atoms with E-state index in [0.29, 0.717) is 22.8 Å².